The van der Waals surface area contributed by atoms with E-state index in [4.69, 9.17) is 4.74 Å². The van der Waals surface area contributed by atoms with Gasteiger partial charge in [-0.05, 0) is 43.2 Å². The molecule has 7 heteroatoms. The van der Waals surface area contributed by atoms with E-state index < -0.39 is 11.9 Å². The number of rotatable bonds is 7. The van der Waals surface area contributed by atoms with E-state index in [9.17, 15) is 14.7 Å². The summed E-state index contributed by atoms with van der Waals surface area (Å²) in [4.78, 5) is 24.8. The Morgan fingerprint density at radius 2 is 1.83 bits per heavy atom. The summed E-state index contributed by atoms with van der Waals surface area (Å²) < 4.78 is 6.57. The van der Waals surface area contributed by atoms with Gasteiger partial charge in [-0.1, -0.05) is 30.3 Å². The predicted octanol–water partition coefficient (Wildman–Crippen LogP) is 2.65. The summed E-state index contributed by atoms with van der Waals surface area (Å²) in [5, 5.41) is 16.5. The third-order valence-corrected chi connectivity index (χ3v) is 4.72. The molecule has 150 valence electrons. The molecule has 29 heavy (non-hydrogen) atoms. The molecule has 3 rings (SSSR count). The molecule has 0 fully saturated rings. The summed E-state index contributed by atoms with van der Waals surface area (Å²) in [7, 11) is 1.32. The van der Waals surface area contributed by atoms with Gasteiger partial charge < -0.3 is 15.2 Å². The van der Waals surface area contributed by atoms with Crippen LogP contribution in [0.2, 0.25) is 0 Å². The molecule has 1 amide bonds. The van der Waals surface area contributed by atoms with Crippen molar-refractivity contribution in [3.8, 4) is 11.4 Å². The van der Waals surface area contributed by atoms with Gasteiger partial charge in [-0.25, -0.2) is 4.68 Å². The highest BCUT2D eigenvalue weighted by Crippen LogP contribution is 2.16. The minimum atomic E-state index is -0.544. The Kier molecular flexibility index (Phi) is 6.29. The molecular weight excluding hydrogens is 370 g/mol. The summed E-state index contributed by atoms with van der Waals surface area (Å²) in [6, 6.07) is 16.1. The number of hydrogen-bond acceptors (Lipinski definition) is 5. The normalized spacial score (nSPS) is 11.7. The number of para-hydroxylation sites is 1. The van der Waals surface area contributed by atoms with E-state index in [1.54, 1.807) is 28.9 Å². The Morgan fingerprint density at radius 3 is 2.48 bits per heavy atom. The van der Waals surface area contributed by atoms with Crippen LogP contribution in [0.15, 0.2) is 60.8 Å². The number of aromatic hydroxyl groups is 1. The molecule has 3 aromatic rings. The lowest BCUT2D eigenvalue weighted by atomic mass is 9.99. The molecule has 2 aromatic carbocycles. The van der Waals surface area contributed by atoms with Gasteiger partial charge in [-0.3, -0.25) is 9.59 Å². The number of methoxy groups -OCH3 is 1. The van der Waals surface area contributed by atoms with E-state index in [-0.39, 0.29) is 18.2 Å². The second-order valence-corrected chi connectivity index (χ2v) is 6.69. The first kappa shape index (κ1) is 20.1. The predicted molar refractivity (Wildman–Crippen MR) is 108 cm³/mol. The van der Waals surface area contributed by atoms with Gasteiger partial charge >= 0.3 is 5.97 Å². The number of benzene rings is 2. The number of aromatic nitrogens is 2. The first-order valence-electron chi connectivity index (χ1n) is 9.23. The smallest absolute Gasteiger partial charge is 0.310 e. The minimum Gasteiger partial charge on any atom is -0.508 e. The van der Waals surface area contributed by atoms with Gasteiger partial charge in [0.15, 0.2) is 0 Å². The van der Waals surface area contributed by atoms with E-state index in [2.05, 4.69) is 10.4 Å². The van der Waals surface area contributed by atoms with Gasteiger partial charge in [0, 0.05) is 6.54 Å². The van der Waals surface area contributed by atoms with Gasteiger partial charge in [-0.15, -0.1) is 0 Å². The number of phenolic OH excluding ortho intramolecular Hbond substituents is 1. The van der Waals surface area contributed by atoms with Crippen molar-refractivity contribution in [2.45, 2.75) is 13.3 Å². The van der Waals surface area contributed by atoms with Gasteiger partial charge in [0.25, 0.3) is 5.91 Å². The van der Waals surface area contributed by atoms with E-state index in [1.807, 2.05) is 37.3 Å². The number of esters is 1. The van der Waals surface area contributed by atoms with E-state index in [0.717, 1.165) is 11.3 Å². The molecule has 0 spiro atoms. The Labute approximate surface area is 168 Å². The van der Waals surface area contributed by atoms with Gasteiger partial charge in [-0.2, -0.15) is 5.10 Å². The van der Waals surface area contributed by atoms with Crippen LogP contribution in [-0.2, 0) is 16.0 Å². The molecule has 2 N–H and O–H groups in total. The third-order valence-electron chi connectivity index (χ3n) is 4.72. The number of hydrogen-bond donors (Lipinski definition) is 2. The molecule has 1 atom stereocenters. The molecule has 0 saturated carbocycles. The summed E-state index contributed by atoms with van der Waals surface area (Å²) in [5.74, 6) is -1.10. The van der Waals surface area contributed by atoms with Crippen molar-refractivity contribution in [3.05, 3.63) is 77.6 Å². The standard InChI is InChI=1S/C22H23N3O4/c1-15-20(14-24-25(15)18-6-4-3-5-7-18)21(27)23-13-17(22(28)29-2)12-16-8-10-19(26)11-9-16/h3-11,14,17,26H,12-13H2,1-2H3,(H,23,27). The number of ether oxygens (including phenoxy) is 1. The van der Waals surface area contributed by atoms with Crippen LogP contribution in [0.3, 0.4) is 0 Å². The Balaban J connectivity index is 1.69. The van der Waals surface area contributed by atoms with Crippen LogP contribution in [0.1, 0.15) is 21.6 Å². The van der Waals surface area contributed by atoms with E-state index in [0.29, 0.717) is 17.7 Å². The molecule has 0 aliphatic carbocycles. The highest BCUT2D eigenvalue weighted by atomic mass is 16.5. The zero-order valence-corrected chi connectivity index (χ0v) is 16.3. The fourth-order valence-corrected chi connectivity index (χ4v) is 3.10. The lowest BCUT2D eigenvalue weighted by Crippen LogP contribution is -2.35. The zero-order valence-electron chi connectivity index (χ0n) is 16.3. The second kappa shape index (κ2) is 9.05. The molecule has 7 nitrogen and oxygen atoms in total. The second-order valence-electron chi connectivity index (χ2n) is 6.69. The summed E-state index contributed by atoms with van der Waals surface area (Å²) in [6.07, 6.45) is 1.90. The van der Waals surface area contributed by atoms with E-state index in [1.165, 1.54) is 13.3 Å². The van der Waals surface area contributed by atoms with Gasteiger partial charge in [0.2, 0.25) is 0 Å². The van der Waals surface area contributed by atoms with Crippen molar-refractivity contribution in [1.29, 1.82) is 0 Å². The third kappa shape index (κ3) is 4.82. The average molecular weight is 393 g/mol. The lowest BCUT2D eigenvalue weighted by Gasteiger charge is -2.15. The van der Waals surface area contributed by atoms with Crippen LogP contribution in [-0.4, -0.2) is 40.4 Å². The van der Waals surface area contributed by atoms with Crippen molar-refractivity contribution in [2.24, 2.45) is 5.92 Å². The number of nitrogens with one attached hydrogen (secondary N) is 1. The molecular formula is C22H23N3O4. The first-order valence-corrected chi connectivity index (χ1v) is 9.23. The number of nitrogens with zero attached hydrogens (tertiary/aromatic N) is 2. The fourth-order valence-electron chi connectivity index (χ4n) is 3.10. The molecule has 1 unspecified atom stereocenters. The van der Waals surface area contributed by atoms with Crippen LogP contribution >= 0.6 is 0 Å². The molecule has 1 aromatic heterocycles. The zero-order chi connectivity index (χ0) is 20.8. The molecule has 0 saturated heterocycles. The first-order chi connectivity index (χ1) is 14.0. The molecule has 0 radical (unpaired) electrons. The Hall–Kier alpha value is -3.61. The molecule has 0 bridgehead atoms. The molecule has 1 heterocycles. The highest BCUT2D eigenvalue weighted by Gasteiger charge is 2.22. The van der Waals surface area contributed by atoms with Crippen LogP contribution in [0, 0.1) is 12.8 Å². The fraction of sp³-hybridized carbons (Fsp3) is 0.227. The van der Waals surface area contributed by atoms with Crippen molar-refractivity contribution in [1.82, 2.24) is 15.1 Å². The van der Waals surface area contributed by atoms with Gasteiger partial charge in [0.05, 0.1) is 36.2 Å². The SMILES string of the molecule is COC(=O)C(CNC(=O)c1cnn(-c2ccccc2)c1C)Cc1ccc(O)cc1. The maximum atomic E-state index is 12.7. The highest BCUT2D eigenvalue weighted by molar-refractivity contribution is 5.95. The van der Waals surface area contributed by atoms with Crippen molar-refractivity contribution < 1.29 is 19.4 Å². The minimum absolute atomic E-state index is 0.127. The number of carbonyl (C=O) groups excluding carboxylic acids is 2. The van der Waals surface area contributed by atoms with Crippen LogP contribution in [0.4, 0.5) is 0 Å². The lowest BCUT2D eigenvalue weighted by molar-refractivity contribution is -0.145. The van der Waals surface area contributed by atoms with Crippen LogP contribution < -0.4 is 5.32 Å². The van der Waals surface area contributed by atoms with Crippen molar-refractivity contribution in [2.75, 3.05) is 13.7 Å². The Bertz CT molecular complexity index is 981. The van der Waals surface area contributed by atoms with Crippen LogP contribution in [0.25, 0.3) is 5.69 Å². The summed E-state index contributed by atoms with van der Waals surface area (Å²) in [6.45, 7) is 1.95. The topological polar surface area (TPSA) is 93.5 Å². The van der Waals surface area contributed by atoms with Gasteiger partial charge in [0.1, 0.15) is 5.75 Å². The number of amides is 1. The van der Waals surface area contributed by atoms with E-state index >= 15 is 0 Å². The molecule has 0 aliphatic rings. The molecule has 0 aliphatic heterocycles. The summed E-state index contributed by atoms with van der Waals surface area (Å²) >= 11 is 0. The number of phenols is 1. The number of carbonyl (C=O) groups is 2. The largest absolute Gasteiger partial charge is 0.508 e. The maximum absolute atomic E-state index is 12.7. The maximum Gasteiger partial charge on any atom is 0.310 e. The Morgan fingerprint density at radius 1 is 1.14 bits per heavy atom. The van der Waals surface area contributed by atoms with Crippen molar-refractivity contribution >= 4 is 11.9 Å². The quantitative estimate of drug-likeness (QED) is 0.602. The monoisotopic (exact) mass is 393 g/mol. The van der Waals surface area contributed by atoms with Crippen LogP contribution in [0.5, 0.6) is 5.75 Å². The average Bonchev–Trinajstić information content (AvgIpc) is 3.13. The van der Waals surface area contributed by atoms with Crippen molar-refractivity contribution in [3.63, 3.8) is 0 Å². The summed E-state index contributed by atoms with van der Waals surface area (Å²) in [5.41, 5.74) is 2.88.